The third-order valence-corrected chi connectivity index (χ3v) is 11.2. The first-order valence-electron chi connectivity index (χ1n) is 15.5. The van der Waals surface area contributed by atoms with Gasteiger partial charge in [0.1, 0.15) is 16.4 Å². The van der Waals surface area contributed by atoms with Gasteiger partial charge in [0.15, 0.2) is 0 Å². The van der Waals surface area contributed by atoms with Crippen molar-refractivity contribution in [3.8, 4) is 0 Å². The predicted octanol–water partition coefficient (Wildman–Crippen LogP) is 2.93. The minimum Gasteiger partial charge on any atom is -0.363 e. The molecule has 5 fully saturated rings. The van der Waals surface area contributed by atoms with E-state index in [1.165, 1.54) is 11.3 Å². The minimum absolute atomic E-state index is 0.0476. The quantitative estimate of drug-likeness (QED) is 0.221. The van der Waals surface area contributed by atoms with E-state index in [0.717, 1.165) is 77.0 Å². The number of rotatable bonds is 10. The number of fused-ring (bicyclic) bond motifs is 1. The number of primary amides is 1. The zero-order valence-corrected chi connectivity index (χ0v) is 25.1. The topological polar surface area (TPSA) is 151 Å². The van der Waals surface area contributed by atoms with Gasteiger partial charge in [-0.25, -0.2) is 4.79 Å². The fourth-order valence-corrected chi connectivity index (χ4v) is 8.32. The van der Waals surface area contributed by atoms with Crippen LogP contribution in [-0.2, 0) is 19.2 Å². The Labute approximate surface area is 251 Å². The van der Waals surface area contributed by atoms with Crippen LogP contribution in [0.1, 0.15) is 89.9 Å². The molecule has 0 spiro atoms. The number of likely N-dealkylation sites (tertiary alicyclic amines) is 1. The van der Waals surface area contributed by atoms with Gasteiger partial charge in [0.05, 0.1) is 6.04 Å². The van der Waals surface area contributed by atoms with Gasteiger partial charge in [-0.3, -0.25) is 19.2 Å². The molecule has 4 unspecified atom stereocenters. The molecule has 1 heterocycles. The number of nitrogens with two attached hydrogens (primary N) is 1. The van der Waals surface area contributed by atoms with Gasteiger partial charge in [-0.05, 0) is 43.9 Å². The average Bonchev–Trinajstić information content (AvgIpc) is 3.25. The molecule has 1 saturated heterocycles. The van der Waals surface area contributed by atoms with Gasteiger partial charge < -0.3 is 26.6 Å². The smallest absolute Gasteiger partial charge is 0.315 e. The summed E-state index contributed by atoms with van der Waals surface area (Å²) >= 11 is 13.1. The maximum atomic E-state index is 14.2. The fraction of sp³-hybridized carbons (Fsp3) is 0.828. The van der Waals surface area contributed by atoms with Crippen LogP contribution in [0.2, 0.25) is 0 Å². The first-order chi connectivity index (χ1) is 19.6. The second-order valence-corrected chi connectivity index (χ2v) is 14.3. The standard InChI is InChI=1S/C29H43Cl2N5O5/c30-29(31)19-15-36(23(21(19)29)26(39)34-20(24(37)25(32)38)14-16-8-7-9-16)27(40)22(17-10-3-1-4-11-17)35-28(41)33-18-12-5-2-6-13-18/h16-23H,1-15H2,(H2,32,38)(H,34,39)(H2,33,35,41)/t19?,20-,21?,22?,23?/m1/s1. The third-order valence-electron chi connectivity index (χ3n) is 10.2. The van der Waals surface area contributed by atoms with E-state index in [1.807, 2.05) is 0 Å². The Morgan fingerprint density at radius 1 is 0.854 bits per heavy atom. The number of hydrogen-bond donors (Lipinski definition) is 4. The maximum Gasteiger partial charge on any atom is 0.315 e. The number of amides is 5. The molecule has 0 radical (unpaired) electrons. The number of piperidine rings is 1. The van der Waals surface area contributed by atoms with E-state index in [2.05, 4.69) is 16.0 Å². The largest absolute Gasteiger partial charge is 0.363 e. The summed E-state index contributed by atoms with van der Waals surface area (Å²) in [7, 11) is 0. The molecule has 0 aromatic carbocycles. The van der Waals surface area contributed by atoms with Crippen LogP contribution in [0.4, 0.5) is 4.79 Å². The molecule has 5 aliphatic rings. The second kappa shape index (κ2) is 12.7. The average molecular weight is 613 g/mol. The molecule has 0 aromatic rings. The molecular formula is C29H43Cl2N5O5. The monoisotopic (exact) mass is 611 g/mol. The van der Waals surface area contributed by atoms with Crippen molar-refractivity contribution < 1.29 is 24.0 Å². The molecule has 228 valence electrons. The number of alkyl halides is 2. The number of nitrogens with one attached hydrogen (secondary N) is 3. The summed E-state index contributed by atoms with van der Waals surface area (Å²) in [6, 6.07) is -3.13. The van der Waals surface area contributed by atoms with Crippen LogP contribution in [-0.4, -0.2) is 69.5 Å². The Morgan fingerprint density at radius 3 is 2.07 bits per heavy atom. The van der Waals surface area contributed by atoms with E-state index < -0.39 is 46.0 Å². The number of carbonyl (C=O) groups excluding carboxylic acids is 5. The predicted molar refractivity (Wildman–Crippen MR) is 154 cm³/mol. The van der Waals surface area contributed by atoms with Crippen molar-refractivity contribution in [3.05, 3.63) is 0 Å². The lowest BCUT2D eigenvalue weighted by molar-refractivity contribution is -0.144. The summed E-state index contributed by atoms with van der Waals surface area (Å²) in [5.74, 6) is -3.48. The van der Waals surface area contributed by atoms with Crippen molar-refractivity contribution in [1.82, 2.24) is 20.9 Å². The van der Waals surface area contributed by atoms with Gasteiger partial charge in [-0.15, -0.1) is 23.2 Å². The molecule has 5 rings (SSSR count). The van der Waals surface area contributed by atoms with Gasteiger partial charge in [-0.2, -0.15) is 0 Å². The summed E-state index contributed by atoms with van der Waals surface area (Å²) in [5.41, 5.74) is 5.30. The van der Waals surface area contributed by atoms with Crippen molar-refractivity contribution in [2.75, 3.05) is 6.54 Å². The lowest BCUT2D eigenvalue weighted by Crippen LogP contribution is -2.61. The highest BCUT2D eigenvalue weighted by Crippen LogP contribution is 2.65. The molecule has 4 saturated carbocycles. The van der Waals surface area contributed by atoms with Gasteiger partial charge in [0.25, 0.3) is 5.91 Å². The number of urea groups is 1. The van der Waals surface area contributed by atoms with E-state index in [9.17, 15) is 24.0 Å². The molecule has 5 N–H and O–H groups in total. The first kappa shape index (κ1) is 30.4. The third kappa shape index (κ3) is 6.63. The maximum absolute atomic E-state index is 14.2. The van der Waals surface area contributed by atoms with Crippen molar-refractivity contribution >= 4 is 52.7 Å². The number of ketones is 1. The summed E-state index contributed by atoms with van der Waals surface area (Å²) in [4.78, 5) is 66.9. The number of nitrogens with zero attached hydrogens (tertiary/aromatic N) is 1. The Balaban J connectivity index is 1.33. The van der Waals surface area contributed by atoms with Gasteiger partial charge in [-0.1, -0.05) is 57.8 Å². The number of Topliss-reactive ketones (excluding diaryl/α,β-unsaturated/α-hetero) is 1. The van der Waals surface area contributed by atoms with Gasteiger partial charge >= 0.3 is 6.03 Å². The number of carbonyl (C=O) groups is 5. The SMILES string of the molecule is NC(=O)C(=O)[C@@H](CC1CCC1)NC(=O)C1C2C(CN1C(=O)C(NC(=O)NC1CCCCC1)C1CCCCC1)C2(Cl)Cl. The van der Waals surface area contributed by atoms with Gasteiger partial charge in [0, 0.05) is 24.4 Å². The van der Waals surface area contributed by atoms with Crippen LogP contribution in [0, 0.1) is 23.7 Å². The summed E-state index contributed by atoms with van der Waals surface area (Å²) in [6.45, 7) is 0.181. The van der Waals surface area contributed by atoms with Crippen LogP contribution < -0.4 is 21.7 Å². The van der Waals surface area contributed by atoms with E-state index in [1.54, 1.807) is 0 Å². The Kier molecular flexibility index (Phi) is 9.38. The van der Waals surface area contributed by atoms with Crippen LogP contribution in [0.5, 0.6) is 0 Å². The van der Waals surface area contributed by atoms with Crippen LogP contribution in [0.3, 0.4) is 0 Å². The molecule has 0 aromatic heterocycles. The zero-order chi connectivity index (χ0) is 29.3. The molecule has 5 amide bonds. The Morgan fingerprint density at radius 2 is 1.49 bits per heavy atom. The Hall–Kier alpha value is -2.07. The summed E-state index contributed by atoms with van der Waals surface area (Å²) in [6.07, 6.45) is 13.0. The highest BCUT2D eigenvalue weighted by molar-refractivity contribution is 6.51. The van der Waals surface area contributed by atoms with E-state index in [4.69, 9.17) is 28.9 Å². The lowest BCUT2D eigenvalue weighted by Gasteiger charge is -2.37. The van der Waals surface area contributed by atoms with Crippen LogP contribution in [0.25, 0.3) is 0 Å². The van der Waals surface area contributed by atoms with E-state index in [0.29, 0.717) is 6.42 Å². The number of halogens is 2. The molecule has 10 nitrogen and oxygen atoms in total. The molecule has 4 aliphatic carbocycles. The van der Waals surface area contributed by atoms with Crippen LogP contribution in [0.15, 0.2) is 0 Å². The lowest BCUT2D eigenvalue weighted by atomic mass is 9.80. The summed E-state index contributed by atoms with van der Waals surface area (Å²) in [5, 5.41) is 8.77. The molecule has 41 heavy (non-hydrogen) atoms. The van der Waals surface area contributed by atoms with Crippen molar-refractivity contribution in [2.24, 2.45) is 29.4 Å². The van der Waals surface area contributed by atoms with Crippen LogP contribution >= 0.6 is 23.2 Å². The normalized spacial score (nSPS) is 29.4. The Bertz CT molecular complexity index is 1040. The molecule has 5 atom stereocenters. The first-order valence-corrected chi connectivity index (χ1v) is 16.2. The van der Waals surface area contributed by atoms with Crippen molar-refractivity contribution in [1.29, 1.82) is 0 Å². The number of hydrogen-bond acceptors (Lipinski definition) is 5. The second-order valence-electron chi connectivity index (χ2n) is 12.9. The minimum atomic E-state index is -1.16. The molecular weight excluding hydrogens is 569 g/mol. The highest BCUT2D eigenvalue weighted by atomic mass is 35.5. The molecule has 0 bridgehead atoms. The van der Waals surface area contributed by atoms with Gasteiger partial charge in [0.2, 0.25) is 17.6 Å². The van der Waals surface area contributed by atoms with Crippen molar-refractivity contribution in [3.63, 3.8) is 0 Å². The van der Waals surface area contributed by atoms with E-state index in [-0.39, 0.29) is 42.3 Å². The molecule has 12 heteroatoms. The van der Waals surface area contributed by atoms with Crippen molar-refractivity contribution in [2.45, 2.75) is 118 Å². The summed E-state index contributed by atoms with van der Waals surface area (Å²) < 4.78 is -1.16. The molecule has 1 aliphatic heterocycles. The fourth-order valence-electron chi connectivity index (χ4n) is 7.50. The highest BCUT2D eigenvalue weighted by Gasteiger charge is 2.74. The van der Waals surface area contributed by atoms with E-state index >= 15 is 0 Å². The zero-order valence-electron chi connectivity index (χ0n) is 23.5.